The van der Waals surface area contributed by atoms with Gasteiger partial charge in [-0.2, -0.15) is 0 Å². The lowest BCUT2D eigenvalue weighted by molar-refractivity contribution is -0.389. The number of esters is 1. The Balaban J connectivity index is 2.47. The highest BCUT2D eigenvalue weighted by molar-refractivity contribution is 5.69. The van der Waals surface area contributed by atoms with E-state index >= 15 is 0 Å². The fourth-order valence-corrected chi connectivity index (χ4v) is 1.07. The zero-order chi connectivity index (χ0) is 12.8. The number of hydrogen-bond acceptors (Lipinski definition) is 7. The molecule has 9 nitrogen and oxygen atoms in total. The highest BCUT2D eigenvalue weighted by Crippen LogP contribution is 2.03. The molecule has 1 unspecified atom stereocenters. The summed E-state index contributed by atoms with van der Waals surface area (Å²) in [6, 6.07) is 0. The summed E-state index contributed by atoms with van der Waals surface area (Å²) in [4.78, 5) is 20.9. The smallest absolute Gasteiger partial charge is 0.410 e. The van der Waals surface area contributed by atoms with Gasteiger partial charge in [-0.1, -0.05) is 0 Å². The number of ether oxygens (including phenoxy) is 2. The van der Waals surface area contributed by atoms with E-state index in [1.54, 1.807) is 13.8 Å². The number of aromatic nitrogens is 3. The molecule has 0 bridgehead atoms. The maximum atomic E-state index is 11.3. The van der Waals surface area contributed by atoms with Crippen LogP contribution in [0.15, 0.2) is 6.20 Å². The van der Waals surface area contributed by atoms with Crippen molar-refractivity contribution in [3.05, 3.63) is 16.3 Å². The SMILES string of the molecule is CCOC(C)OC(=O)Cn1cc([N+](=O)[O-])nn1. The lowest BCUT2D eigenvalue weighted by Crippen LogP contribution is -2.22. The first kappa shape index (κ1) is 13.0. The van der Waals surface area contributed by atoms with E-state index in [0.717, 1.165) is 10.9 Å². The second kappa shape index (κ2) is 5.89. The van der Waals surface area contributed by atoms with Crippen LogP contribution in [0.1, 0.15) is 13.8 Å². The van der Waals surface area contributed by atoms with E-state index in [4.69, 9.17) is 9.47 Å². The molecule has 94 valence electrons. The maximum Gasteiger partial charge on any atom is 0.410 e. The van der Waals surface area contributed by atoms with Gasteiger partial charge in [0, 0.05) is 6.61 Å². The molecule has 0 amide bonds. The molecule has 0 N–H and O–H groups in total. The number of nitrogens with zero attached hydrogens (tertiary/aromatic N) is 4. The largest absolute Gasteiger partial charge is 0.435 e. The zero-order valence-corrected chi connectivity index (χ0v) is 9.40. The highest BCUT2D eigenvalue weighted by Gasteiger charge is 2.16. The Bertz CT molecular complexity index is 404. The average Bonchev–Trinajstić information content (AvgIpc) is 2.66. The predicted octanol–water partition coefficient (Wildman–Crippen LogP) is 0.112. The molecular weight excluding hydrogens is 232 g/mol. The van der Waals surface area contributed by atoms with Crippen molar-refractivity contribution in [1.29, 1.82) is 0 Å². The van der Waals surface area contributed by atoms with Gasteiger partial charge in [-0.25, -0.2) is 9.48 Å². The summed E-state index contributed by atoms with van der Waals surface area (Å²) < 4.78 is 10.9. The van der Waals surface area contributed by atoms with E-state index in [0.29, 0.717) is 6.61 Å². The summed E-state index contributed by atoms with van der Waals surface area (Å²) in [5.41, 5.74) is 0. The molecular formula is C8H12N4O5. The second-order valence-electron chi connectivity index (χ2n) is 3.04. The minimum absolute atomic E-state index is 0.252. The first-order valence-electron chi connectivity index (χ1n) is 4.88. The minimum atomic E-state index is -0.697. The van der Waals surface area contributed by atoms with Gasteiger partial charge in [-0.15, -0.1) is 0 Å². The molecule has 0 aliphatic carbocycles. The number of rotatable bonds is 6. The van der Waals surface area contributed by atoms with Crippen LogP contribution < -0.4 is 0 Å². The molecule has 0 saturated heterocycles. The molecule has 1 atom stereocenters. The van der Waals surface area contributed by atoms with Crippen LogP contribution in [0, 0.1) is 10.1 Å². The van der Waals surface area contributed by atoms with Gasteiger partial charge in [-0.05, 0) is 18.8 Å². The maximum absolute atomic E-state index is 11.3. The molecule has 0 radical (unpaired) electrons. The van der Waals surface area contributed by atoms with Crippen molar-refractivity contribution in [2.45, 2.75) is 26.7 Å². The number of carbonyl (C=O) groups is 1. The minimum Gasteiger partial charge on any atom is -0.435 e. The molecule has 0 fully saturated rings. The summed E-state index contributed by atoms with van der Waals surface area (Å²) in [7, 11) is 0. The van der Waals surface area contributed by atoms with Crippen LogP contribution >= 0.6 is 0 Å². The van der Waals surface area contributed by atoms with Crippen LogP contribution in [0.25, 0.3) is 0 Å². The number of nitro groups is 1. The molecule has 0 aromatic carbocycles. The molecule has 1 aromatic heterocycles. The Labute approximate surface area is 96.5 Å². The lowest BCUT2D eigenvalue weighted by Gasteiger charge is -2.11. The number of carbonyl (C=O) groups excluding carboxylic acids is 1. The van der Waals surface area contributed by atoms with Crippen molar-refractivity contribution in [2.24, 2.45) is 0 Å². The molecule has 17 heavy (non-hydrogen) atoms. The van der Waals surface area contributed by atoms with Crippen LogP contribution in [0.2, 0.25) is 0 Å². The molecule has 0 aliphatic heterocycles. The summed E-state index contributed by atoms with van der Waals surface area (Å²) in [6.45, 7) is 3.51. The summed E-state index contributed by atoms with van der Waals surface area (Å²) >= 11 is 0. The van der Waals surface area contributed by atoms with Crippen molar-refractivity contribution in [3.8, 4) is 0 Å². The third kappa shape index (κ3) is 4.15. The van der Waals surface area contributed by atoms with Crippen molar-refractivity contribution in [3.63, 3.8) is 0 Å². The molecule has 0 saturated carbocycles. The first-order valence-corrected chi connectivity index (χ1v) is 4.88. The van der Waals surface area contributed by atoms with E-state index in [2.05, 4.69) is 10.3 Å². The average molecular weight is 244 g/mol. The van der Waals surface area contributed by atoms with Gasteiger partial charge in [0.15, 0.2) is 6.29 Å². The van der Waals surface area contributed by atoms with Crippen LogP contribution in [-0.4, -0.2) is 38.8 Å². The van der Waals surface area contributed by atoms with Gasteiger partial charge in [0.1, 0.15) is 17.8 Å². The molecule has 0 aliphatic rings. The second-order valence-corrected chi connectivity index (χ2v) is 3.04. The Morgan fingerprint density at radius 1 is 1.71 bits per heavy atom. The van der Waals surface area contributed by atoms with Crippen LogP contribution in [0.4, 0.5) is 5.82 Å². The van der Waals surface area contributed by atoms with Crippen molar-refractivity contribution >= 4 is 11.8 Å². The monoisotopic (exact) mass is 244 g/mol. The van der Waals surface area contributed by atoms with E-state index in [1.165, 1.54) is 0 Å². The van der Waals surface area contributed by atoms with Crippen molar-refractivity contribution in [1.82, 2.24) is 15.0 Å². The Hall–Kier alpha value is -2.03. The molecule has 1 rings (SSSR count). The normalized spacial score (nSPS) is 12.1. The van der Waals surface area contributed by atoms with Gasteiger partial charge in [0.05, 0.1) is 5.21 Å². The van der Waals surface area contributed by atoms with E-state index < -0.39 is 23.0 Å². The Morgan fingerprint density at radius 3 is 2.94 bits per heavy atom. The fourth-order valence-electron chi connectivity index (χ4n) is 1.07. The first-order chi connectivity index (χ1) is 8.02. The van der Waals surface area contributed by atoms with Gasteiger partial charge >= 0.3 is 11.8 Å². The van der Waals surface area contributed by atoms with Gasteiger partial charge in [0.2, 0.25) is 0 Å². The van der Waals surface area contributed by atoms with Crippen LogP contribution in [0.3, 0.4) is 0 Å². The standard InChI is InChI=1S/C8H12N4O5/c1-3-16-6(2)17-8(13)5-11-4-7(9-10-11)12(14)15/h4,6H,3,5H2,1-2H3. The molecule has 9 heteroatoms. The van der Waals surface area contributed by atoms with E-state index in [9.17, 15) is 14.9 Å². The van der Waals surface area contributed by atoms with Gasteiger partial charge in [-0.3, -0.25) is 0 Å². The third-order valence-corrected chi connectivity index (χ3v) is 1.70. The fraction of sp³-hybridized carbons (Fsp3) is 0.625. The van der Waals surface area contributed by atoms with Gasteiger partial charge < -0.3 is 19.6 Å². The van der Waals surface area contributed by atoms with Crippen molar-refractivity contribution < 1.29 is 19.2 Å². The number of hydrogen-bond donors (Lipinski definition) is 0. The third-order valence-electron chi connectivity index (χ3n) is 1.70. The Kier molecular flexibility index (Phi) is 4.52. The van der Waals surface area contributed by atoms with E-state index in [-0.39, 0.29) is 6.54 Å². The molecule has 0 spiro atoms. The summed E-state index contributed by atoms with van der Waals surface area (Å²) in [6.07, 6.45) is 0.387. The quantitative estimate of drug-likeness (QED) is 0.302. The summed E-state index contributed by atoms with van der Waals surface area (Å²) in [5, 5.41) is 17.0. The van der Waals surface area contributed by atoms with Crippen LogP contribution in [0.5, 0.6) is 0 Å². The van der Waals surface area contributed by atoms with Gasteiger partial charge in [0.25, 0.3) is 0 Å². The molecule has 1 aromatic rings. The Morgan fingerprint density at radius 2 is 2.41 bits per heavy atom. The highest BCUT2D eigenvalue weighted by atomic mass is 16.7. The van der Waals surface area contributed by atoms with E-state index in [1.807, 2.05) is 0 Å². The topological polar surface area (TPSA) is 109 Å². The van der Waals surface area contributed by atoms with Crippen molar-refractivity contribution in [2.75, 3.05) is 6.61 Å². The van der Waals surface area contributed by atoms with Crippen LogP contribution in [-0.2, 0) is 20.8 Å². The summed E-state index contributed by atoms with van der Waals surface area (Å²) in [5.74, 6) is -1.03. The zero-order valence-electron chi connectivity index (χ0n) is 9.40. The molecule has 1 heterocycles. The lowest BCUT2D eigenvalue weighted by atomic mass is 10.6. The predicted molar refractivity (Wildman–Crippen MR) is 53.9 cm³/mol.